The highest BCUT2D eigenvalue weighted by molar-refractivity contribution is 5.79. The van der Waals surface area contributed by atoms with E-state index in [0.717, 1.165) is 19.4 Å². The Bertz CT molecular complexity index is 277. The van der Waals surface area contributed by atoms with E-state index < -0.39 is 0 Å². The lowest BCUT2D eigenvalue weighted by Gasteiger charge is -2.29. The van der Waals surface area contributed by atoms with Gasteiger partial charge in [-0.25, -0.2) is 0 Å². The van der Waals surface area contributed by atoms with E-state index in [1.165, 1.54) is 32.1 Å². The molecular weight excluding hydrogens is 240 g/mol. The lowest BCUT2D eigenvalue weighted by molar-refractivity contribution is -0.126. The van der Waals surface area contributed by atoms with Crippen LogP contribution in [-0.4, -0.2) is 37.7 Å². The number of hydrogen-bond acceptors (Lipinski definition) is 3. The summed E-state index contributed by atoms with van der Waals surface area (Å²) in [6, 6.07) is 0.299. The van der Waals surface area contributed by atoms with Crippen LogP contribution in [0.4, 0.5) is 0 Å². The van der Waals surface area contributed by atoms with Crippen LogP contribution in [0, 0.1) is 5.92 Å². The minimum Gasteiger partial charge on any atom is -0.376 e. The Labute approximate surface area is 116 Å². The topological polar surface area (TPSA) is 50.4 Å². The predicted molar refractivity (Wildman–Crippen MR) is 76.0 cm³/mol. The Morgan fingerprint density at radius 1 is 1.21 bits per heavy atom. The van der Waals surface area contributed by atoms with Gasteiger partial charge in [0.15, 0.2) is 0 Å². The van der Waals surface area contributed by atoms with Gasteiger partial charge < -0.3 is 15.4 Å². The minimum absolute atomic E-state index is 0.128. The molecular formula is C15H28N2O2. The molecule has 2 rings (SSSR count). The molecule has 0 bridgehead atoms. The van der Waals surface area contributed by atoms with Crippen LogP contribution in [-0.2, 0) is 9.53 Å². The molecule has 19 heavy (non-hydrogen) atoms. The first-order valence-corrected chi connectivity index (χ1v) is 7.90. The summed E-state index contributed by atoms with van der Waals surface area (Å²) >= 11 is 0. The normalized spacial score (nSPS) is 29.1. The number of piperidine rings is 1. The average Bonchev–Trinajstić information content (AvgIpc) is 2.45. The first-order valence-electron chi connectivity index (χ1n) is 7.90. The van der Waals surface area contributed by atoms with Gasteiger partial charge in [-0.2, -0.15) is 0 Å². The fraction of sp³-hybridized carbons (Fsp3) is 0.933. The zero-order chi connectivity index (χ0) is 13.5. The maximum Gasteiger partial charge on any atom is 0.224 e. The van der Waals surface area contributed by atoms with Gasteiger partial charge in [-0.1, -0.05) is 19.3 Å². The van der Waals surface area contributed by atoms with Gasteiger partial charge in [0.1, 0.15) is 0 Å². The maximum absolute atomic E-state index is 12.1. The smallest absolute Gasteiger partial charge is 0.224 e. The Balaban J connectivity index is 1.58. The van der Waals surface area contributed by atoms with Gasteiger partial charge in [0.2, 0.25) is 5.91 Å². The van der Waals surface area contributed by atoms with Crippen molar-refractivity contribution in [2.24, 2.45) is 5.92 Å². The SMILES string of the molecule is CC1NCCCC1C(=O)NCCOC1CCCCC1. The fourth-order valence-electron chi connectivity index (χ4n) is 3.16. The first-order chi connectivity index (χ1) is 9.27. The van der Waals surface area contributed by atoms with Crippen LogP contribution in [0.1, 0.15) is 51.9 Å². The molecule has 1 saturated heterocycles. The van der Waals surface area contributed by atoms with Crippen molar-refractivity contribution in [3.63, 3.8) is 0 Å². The average molecular weight is 268 g/mol. The second kappa shape index (κ2) is 7.85. The molecule has 1 aliphatic carbocycles. The Morgan fingerprint density at radius 2 is 2.00 bits per heavy atom. The zero-order valence-electron chi connectivity index (χ0n) is 12.1. The van der Waals surface area contributed by atoms with Crippen molar-refractivity contribution in [1.29, 1.82) is 0 Å². The molecule has 4 nitrogen and oxygen atoms in total. The molecule has 2 fully saturated rings. The van der Waals surface area contributed by atoms with Crippen molar-refractivity contribution in [1.82, 2.24) is 10.6 Å². The van der Waals surface area contributed by atoms with Crippen LogP contribution in [0.3, 0.4) is 0 Å². The van der Waals surface area contributed by atoms with E-state index in [1.807, 2.05) is 0 Å². The molecule has 0 spiro atoms. The lowest BCUT2D eigenvalue weighted by atomic mass is 9.91. The molecule has 2 N–H and O–H groups in total. The van der Waals surface area contributed by atoms with Gasteiger partial charge in [0, 0.05) is 12.6 Å². The van der Waals surface area contributed by atoms with E-state index in [1.54, 1.807) is 0 Å². The van der Waals surface area contributed by atoms with E-state index >= 15 is 0 Å². The first kappa shape index (κ1) is 14.8. The van der Waals surface area contributed by atoms with Crippen molar-refractivity contribution >= 4 is 5.91 Å². The number of rotatable bonds is 5. The molecule has 1 heterocycles. The van der Waals surface area contributed by atoms with E-state index in [4.69, 9.17) is 4.74 Å². The molecule has 2 unspecified atom stereocenters. The number of carbonyl (C=O) groups excluding carboxylic acids is 1. The molecule has 110 valence electrons. The standard InChI is InChI=1S/C15H28N2O2/c1-12-14(8-5-9-16-12)15(18)17-10-11-19-13-6-3-2-4-7-13/h12-14,16H,2-11H2,1H3,(H,17,18). The zero-order valence-corrected chi connectivity index (χ0v) is 12.1. The van der Waals surface area contributed by atoms with E-state index in [2.05, 4.69) is 17.6 Å². The summed E-state index contributed by atoms with van der Waals surface area (Å²) in [4.78, 5) is 12.1. The summed E-state index contributed by atoms with van der Waals surface area (Å²) < 4.78 is 5.82. The van der Waals surface area contributed by atoms with Crippen molar-refractivity contribution in [2.75, 3.05) is 19.7 Å². The van der Waals surface area contributed by atoms with Gasteiger partial charge in [-0.05, 0) is 39.2 Å². The number of ether oxygens (including phenoxy) is 1. The number of amides is 1. The summed E-state index contributed by atoms with van der Waals surface area (Å²) in [6.45, 7) is 4.45. The molecule has 0 aromatic heterocycles. The minimum atomic E-state index is 0.128. The molecule has 0 radical (unpaired) electrons. The maximum atomic E-state index is 12.1. The van der Waals surface area contributed by atoms with Crippen LogP contribution in [0.5, 0.6) is 0 Å². The molecule has 1 amide bonds. The van der Waals surface area contributed by atoms with Crippen molar-refractivity contribution in [3.8, 4) is 0 Å². The fourth-order valence-corrected chi connectivity index (χ4v) is 3.16. The summed E-state index contributed by atoms with van der Waals surface area (Å²) in [5.74, 6) is 0.315. The lowest BCUT2D eigenvalue weighted by Crippen LogP contribution is -2.47. The molecule has 0 aromatic rings. The van der Waals surface area contributed by atoms with E-state index in [0.29, 0.717) is 25.3 Å². The highest BCUT2D eigenvalue weighted by atomic mass is 16.5. The van der Waals surface area contributed by atoms with Crippen molar-refractivity contribution < 1.29 is 9.53 Å². The van der Waals surface area contributed by atoms with Crippen LogP contribution >= 0.6 is 0 Å². The van der Waals surface area contributed by atoms with Crippen LogP contribution < -0.4 is 10.6 Å². The second-order valence-corrected chi connectivity index (χ2v) is 5.91. The summed E-state index contributed by atoms with van der Waals surface area (Å²) in [7, 11) is 0. The molecule has 1 saturated carbocycles. The largest absolute Gasteiger partial charge is 0.376 e. The van der Waals surface area contributed by atoms with Gasteiger partial charge in [0.05, 0.1) is 18.6 Å². The van der Waals surface area contributed by atoms with Crippen LogP contribution in [0.2, 0.25) is 0 Å². The Hall–Kier alpha value is -0.610. The second-order valence-electron chi connectivity index (χ2n) is 5.91. The van der Waals surface area contributed by atoms with Crippen molar-refractivity contribution in [3.05, 3.63) is 0 Å². The monoisotopic (exact) mass is 268 g/mol. The van der Waals surface area contributed by atoms with E-state index in [9.17, 15) is 4.79 Å². The quantitative estimate of drug-likeness (QED) is 0.748. The summed E-state index contributed by atoms with van der Waals surface area (Å²) in [6.07, 6.45) is 8.86. The summed E-state index contributed by atoms with van der Waals surface area (Å²) in [5.41, 5.74) is 0. The number of carbonyl (C=O) groups is 1. The van der Waals surface area contributed by atoms with Crippen LogP contribution in [0.25, 0.3) is 0 Å². The van der Waals surface area contributed by atoms with Gasteiger partial charge in [-0.3, -0.25) is 4.79 Å². The van der Waals surface area contributed by atoms with Crippen LogP contribution in [0.15, 0.2) is 0 Å². The Morgan fingerprint density at radius 3 is 2.74 bits per heavy atom. The molecule has 1 aliphatic heterocycles. The van der Waals surface area contributed by atoms with Gasteiger partial charge >= 0.3 is 0 Å². The molecule has 4 heteroatoms. The highest BCUT2D eigenvalue weighted by Gasteiger charge is 2.27. The predicted octanol–water partition coefficient (Wildman–Crippen LogP) is 1.84. The van der Waals surface area contributed by atoms with Gasteiger partial charge in [-0.15, -0.1) is 0 Å². The molecule has 2 atom stereocenters. The summed E-state index contributed by atoms with van der Waals surface area (Å²) in [5, 5.41) is 6.38. The third-order valence-electron chi connectivity index (χ3n) is 4.41. The third kappa shape index (κ3) is 4.77. The number of nitrogens with one attached hydrogen (secondary N) is 2. The Kier molecular flexibility index (Phi) is 6.11. The molecule has 2 aliphatic rings. The molecule has 0 aromatic carbocycles. The highest BCUT2D eigenvalue weighted by Crippen LogP contribution is 2.20. The van der Waals surface area contributed by atoms with Crippen molar-refractivity contribution in [2.45, 2.75) is 64.0 Å². The number of hydrogen-bond donors (Lipinski definition) is 2. The van der Waals surface area contributed by atoms with E-state index in [-0.39, 0.29) is 11.8 Å². The van der Waals surface area contributed by atoms with Gasteiger partial charge in [0.25, 0.3) is 0 Å². The third-order valence-corrected chi connectivity index (χ3v) is 4.41.